The van der Waals surface area contributed by atoms with Crippen LogP contribution in [0.15, 0.2) is 12.7 Å². The summed E-state index contributed by atoms with van der Waals surface area (Å²) in [5.41, 5.74) is 5.21. The number of carboxylic acid groups (broad SMARTS) is 1. The van der Waals surface area contributed by atoms with E-state index in [0.717, 1.165) is 25.7 Å². The van der Waals surface area contributed by atoms with Gasteiger partial charge in [0.25, 0.3) is 0 Å². The number of esters is 1. The van der Waals surface area contributed by atoms with Crippen molar-refractivity contribution in [2.45, 2.75) is 43.8 Å². The van der Waals surface area contributed by atoms with Gasteiger partial charge in [-0.15, -0.1) is 0 Å². The molecule has 8 heteroatoms. The summed E-state index contributed by atoms with van der Waals surface area (Å²) in [4.78, 5) is 20.4. The lowest BCUT2D eigenvalue weighted by Crippen LogP contribution is -2.50. The van der Waals surface area contributed by atoms with Crippen LogP contribution in [0.5, 0.6) is 0 Å². The molecule has 1 saturated carbocycles. The van der Waals surface area contributed by atoms with Crippen LogP contribution in [-0.4, -0.2) is 35.4 Å². The van der Waals surface area contributed by atoms with Crippen LogP contribution >= 0.6 is 0 Å². The Morgan fingerprint density at radius 2 is 1.75 bits per heavy atom. The van der Waals surface area contributed by atoms with E-state index >= 15 is 0 Å². The van der Waals surface area contributed by atoms with Gasteiger partial charge in [-0.1, -0.05) is 31.9 Å². The number of ether oxygens (including phenoxy) is 1. The molecule has 1 aliphatic carbocycles. The second kappa shape index (κ2) is 7.88. The molecule has 0 unspecified atom stereocenters. The van der Waals surface area contributed by atoms with Gasteiger partial charge in [0.1, 0.15) is 12.1 Å². The van der Waals surface area contributed by atoms with Crippen LogP contribution < -0.4 is 5.73 Å². The Morgan fingerprint density at radius 3 is 2.10 bits per heavy atom. The summed E-state index contributed by atoms with van der Waals surface area (Å²) in [5.74, 6) is -3.03. The second-order valence-electron chi connectivity index (χ2n) is 4.41. The largest absolute Gasteiger partial charge is 0.490 e. The molecule has 0 spiro atoms. The van der Waals surface area contributed by atoms with E-state index in [9.17, 15) is 18.0 Å². The maximum Gasteiger partial charge on any atom is 0.490 e. The van der Waals surface area contributed by atoms with E-state index in [0.29, 0.717) is 0 Å². The quantitative estimate of drug-likeness (QED) is 0.614. The van der Waals surface area contributed by atoms with Gasteiger partial charge in [0.15, 0.2) is 0 Å². The monoisotopic (exact) mass is 297 g/mol. The lowest BCUT2D eigenvalue weighted by atomic mass is 9.83. The maximum atomic E-state index is 11.5. The molecule has 0 aromatic carbocycles. The third-order valence-corrected chi connectivity index (χ3v) is 2.73. The van der Waals surface area contributed by atoms with Crippen LogP contribution in [0, 0.1) is 0 Å². The van der Waals surface area contributed by atoms with Crippen molar-refractivity contribution in [3.05, 3.63) is 12.7 Å². The first-order valence-corrected chi connectivity index (χ1v) is 6.00. The fourth-order valence-corrected chi connectivity index (χ4v) is 1.67. The van der Waals surface area contributed by atoms with Crippen LogP contribution in [-0.2, 0) is 14.3 Å². The smallest absolute Gasteiger partial charge is 0.475 e. The number of alkyl halides is 3. The van der Waals surface area contributed by atoms with Gasteiger partial charge in [0, 0.05) is 0 Å². The van der Waals surface area contributed by atoms with Gasteiger partial charge in [0.2, 0.25) is 0 Å². The van der Waals surface area contributed by atoms with E-state index in [4.69, 9.17) is 20.4 Å². The number of aliphatic carboxylic acids is 1. The van der Waals surface area contributed by atoms with Crippen molar-refractivity contribution >= 4 is 11.9 Å². The second-order valence-corrected chi connectivity index (χ2v) is 4.41. The summed E-state index contributed by atoms with van der Waals surface area (Å²) in [5, 5.41) is 7.12. The summed E-state index contributed by atoms with van der Waals surface area (Å²) in [6.45, 7) is 3.74. The first-order chi connectivity index (χ1) is 9.13. The Balaban J connectivity index is 0.000000441. The fourth-order valence-electron chi connectivity index (χ4n) is 1.67. The number of nitrogens with two attached hydrogens (primary N) is 1. The van der Waals surface area contributed by atoms with Gasteiger partial charge in [-0.3, -0.25) is 4.79 Å². The SMILES string of the molecule is C=CCOC(=O)C1(N)CCCCC1.O=C(O)C(F)(F)F. The van der Waals surface area contributed by atoms with Gasteiger partial charge in [0.05, 0.1) is 0 Å². The van der Waals surface area contributed by atoms with Crippen LogP contribution in [0.3, 0.4) is 0 Å². The number of hydrogen-bond acceptors (Lipinski definition) is 4. The van der Waals surface area contributed by atoms with Gasteiger partial charge in [-0.25, -0.2) is 4.79 Å². The van der Waals surface area contributed by atoms with Crippen molar-refractivity contribution in [3.63, 3.8) is 0 Å². The van der Waals surface area contributed by atoms with Crippen LogP contribution in [0.1, 0.15) is 32.1 Å². The standard InChI is InChI=1S/C10H17NO2.C2HF3O2/c1-2-8-13-9(12)10(11)6-4-3-5-7-10;3-2(4,5)1(6)7/h2H,1,3-8,11H2;(H,6,7). The Labute approximate surface area is 114 Å². The predicted octanol–water partition coefficient (Wildman–Crippen LogP) is 2.01. The van der Waals surface area contributed by atoms with Gasteiger partial charge >= 0.3 is 18.1 Å². The zero-order valence-electron chi connectivity index (χ0n) is 10.9. The highest BCUT2D eigenvalue weighted by molar-refractivity contribution is 5.80. The molecular formula is C12H18F3NO4. The third-order valence-electron chi connectivity index (χ3n) is 2.73. The van der Waals surface area contributed by atoms with E-state index in [1.807, 2.05) is 0 Å². The number of carbonyl (C=O) groups is 2. The number of carboxylic acids is 1. The summed E-state index contributed by atoms with van der Waals surface area (Å²) in [6, 6.07) is 0. The molecule has 1 fully saturated rings. The highest BCUT2D eigenvalue weighted by atomic mass is 19.4. The lowest BCUT2D eigenvalue weighted by Gasteiger charge is -2.30. The molecular weight excluding hydrogens is 279 g/mol. The molecule has 1 aliphatic rings. The van der Waals surface area contributed by atoms with Crippen LogP contribution in [0.2, 0.25) is 0 Å². The van der Waals surface area contributed by atoms with Crippen LogP contribution in [0.25, 0.3) is 0 Å². The van der Waals surface area contributed by atoms with Crippen molar-refractivity contribution in [1.29, 1.82) is 0 Å². The van der Waals surface area contributed by atoms with Crippen molar-refractivity contribution in [2.75, 3.05) is 6.61 Å². The first kappa shape index (κ1) is 18.4. The maximum absolute atomic E-state index is 11.5. The van der Waals surface area contributed by atoms with Crippen molar-refractivity contribution < 1.29 is 32.6 Å². The number of hydrogen-bond donors (Lipinski definition) is 2. The number of halogens is 3. The summed E-state index contributed by atoms with van der Waals surface area (Å²) < 4.78 is 36.7. The molecule has 1 rings (SSSR count). The fraction of sp³-hybridized carbons (Fsp3) is 0.667. The minimum Gasteiger partial charge on any atom is -0.475 e. The molecule has 0 aromatic rings. The number of carbonyl (C=O) groups excluding carboxylic acids is 1. The molecule has 0 heterocycles. The molecule has 5 nitrogen and oxygen atoms in total. The van der Waals surface area contributed by atoms with Crippen molar-refractivity contribution in [3.8, 4) is 0 Å². The van der Waals surface area contributed by atoms with Crippen molar-refractivity contribution in [1.82, 2.24) is 0 Å². The minimum atomic E-state index is -5.08. The topological polar surface area (TPSA) is 89.6 Å². The first-order valence-electron chi connectivity index (χ1n) is 6.00. The van der Waals surface area contributed by atoms with E-state index in [1.165, 1.54) is 6.42 Å². The zero-order chi connectivity index (χ0) is 15.8. The number of rotatable bonds is 3. The summed E-state index contributed by atoms with van der Waals surface area (Å²) in [7, 11) is 0. The molecule has 3 N–H and O–H groups in total. The third kappa shape index (κ3) is 6.55. The Morgan fingerprint density at radius 1 is 1.30 bits per heavy atom. The lowest BCUT2D eigenvalue weighted by molar-refractivity contribution is -0.192. The van der Waals surface area contributed by atoms with E-state index < -0.39 is 17.7 Å². The minimum absolute atomic E-state index is 0.262. The summed E-state index contributed by atoms with van der Waals surface area (Å²) >= 11 is 0. The van der Waals surface area contributed by atoms with E-state index in [-0.39, 0.29) is 12.6 Å². The molecule has 0 aromatic heterocycles. The van der Waals surface area contributed by atoms with E-state index in [1.54, 1.807) is 6.08 Å². The molecule has 20 heavy (non-hydrogen) atoms. The Kier molecular flexibility index (Phi) is 7.26. The van der Waals surface area contributed by atoms with Crippen molar-refractivity contribution in [2.24, 2.45) is 5.73 Å². The molecule has 0 saturated heterocycles. The van der Waals surface area contributed by atoms with E-state index in [2.05, 4.69) is 6.58 Å². The van der Waals surface area contributed by atoms with Gasteiger partial charge < -0.3 is 15.6 Å². The van der Waals surface area contributed by atoms with Crippen LogP contribution in [0.4, 0.5) is 13.2 Å². The highest BCUT2D eigenvalue weighted by Gasteiger charge is 2.38. The summed E-state index contributed by atoms with van der Waals surface area (Å²) in [6.07, 6.45) is 1.21. The molecule has 0 radical (unpaired) electrons. The molecule has 0 amide bonds. The van der Waals surface area contributed by atoms with Gasteiger partial charge in [-0.05, 0) is 12.8 Å². The Bertz CT molecular complexity index is 349. The average Bonchev–Trinajstić information content (AvgIpc) is 2.36. The molecule has 0 atom stereocenters. The Hall–Kier alpha value is -1.57. The normalized spacial score (nSPS) is 17.4. The molecule has 116 valence electrons. The predicted molar refractivity (Wildman–Crippen MR) is 64.9 cm³/mol. The zero-order valence-corrected chi connectivity index (χ0v) is 10.9. The highest BCUT2D eigenvalue weighted by Crippen LogP contribution is 2.26. The molecule has 0 bridgehead atoms. The average molecular weight is 297 g/mol. The molecule has 0 aliphatic heterocycles. The van der Waals surface area contributed by atoms with Gasteiger partial charge in [-0.2, -0.15) is 13.2 Å².